The van der Waals surface area contributed by atoms with Gasteiger partial charge in [0.05, 0.1) is 5.41 Å². The Hall–Kier alpha value is -0.570. The fraction of sp³-hybridized carbons (Fsp3) is 0.923. The van der Waals surface area contributed by atoms with Gasteiger partial charge in [-0.15, -0.1) is 0 Å². The van der Waals surface area contributed by atoms with Gasteiger partial charge in [-0.3, -0.25) is 4.79 Å². The summed E-state index contributed by atoms with van der Waals surface area (Å²) in [7, 11) is 0. The number of nitrogens with two attached hydrogens (primary N) is 1. The average Bonchev–Trinajstić information content (AvgIpc) is 2.86. The van der Waals surface area contributed by atoms with Crippen LogP contribution in [0.3, 0.4) is 0 Å². The summed E-state index contributed by atoms with van der Waals surface area (Å²) in [6, 6.07) is 0.537. The molecule has 0 spiro atoms. The zero-order valence-electron chi connectivity index (χ0n) is 10.5. The largest absolute Gasteiger partial charge is 0.339 e. The van der Waals surface area contributed by atoms with E-state index in [9.17, 15) is 4.79 Å². The van der Waals surface area contributed by atoms with Crippen LogP contribution in [0.5, 0.6) is 0 Å². The maximum atomic E-state index is 12.6. The van der Waals surface area contributed by atoms with Crippen LogP contribution in [0, 0.1) is 5.41 Å². The SMILES string of the molecule is CCC1CCCN1C(=O)C1(C)CCCC1N. The number of rotatable bonds is 2. The van der Waals surface area contributed by atoms with Crippen molar-refractivity contribution < 1.29 is 4.79 Å². The lowest BCUT2D eigenvalue weighted by Crippen LogP contribution is -2.50. The van der Waals surface area contributed by atoms with Crippen molar-refractivity contribution in [1.29, 1.82) is 0 Å². The van der Waals surface area contributed by atoms with Gasteiger partial charge in [0.1, 0.15) is 0 Å². The average molecular weight is 224 g/mol. The van der Waals surface area contributed by atoms with Crippen molar-refractivity contribution in [2.45, 2.75) is 64.5 Å². The molecule has 2 rings (SSSR count). The molecule has 0 aromatic heterocycles. The van der Waals surface area contributed by atoms with Crippen LogP contribution in [-0.4, -0.2) is 29.4 Å². The molecule has 0 aromatic carbocycles. The van der Waals surface area contributed by atoms with Gasteiger partial charge < -0.3 is 10.6 Å². The molecule has 3 nitrogen and oxygen atoms in total. The zero-order chi connectivity index (χ0) is 11.8. The number of hydrogen-bond acceptors (Lipinski definition) is 2. The van der Waals surface area contributed by atoms with Crippen molar-refractivity contribution in [3.05, 3.63) is 0 Å². The molecule has 1 saturated heterocycles. The number of hydrogen-bond donors (Lipinski definition) is 1. The molecule has 1 heterocycles. The van der Waals surface area contributed by atoms with E-state index in [1.165, 1.54) is 6.42 Å². The highest BCUT2D eigenvalue weighted by molar-refractivity contribution is 5.84. The minimum Gasteiger partial charge on any atom is -0.339 e. The molecular formula is C13H24N2O. The Morgan fingerprint density at radius 1 is 1.44 bits per heavy atom. The lowest BCUT2D eigenvalue weighted by atomic mass is 9.83. The molecule has 1 aliphatic carbocycles. The predicted molar refractivity (Wildman–Crippen MR) is 65.0 cm³/mol. The van der Waals surface area contributed by atoms with Crippen LogP contribution in [0.2, 0.25) is 0 Å². The Balaban J connectivity index is 2.12. The van der Waals surface area contributed by atoms with Gasteiger partial charge in [0.15, 0.2) is 0 Å². The highest BCUT2D eigenvalue weighted by atomic mass is 16.2. The first-order valence-corrected chi connectivity index (χ1v) is 6.66. The van der Waals surface area contributed by atoms with Gasteiger partial charge in [-0.05, 0) is 39.0 Å². The van der Waals surface area contributed by atoms with Crippen LogP contribution in [0.15, 0.2) is 0 Å². The molecule has 3 unspecified atom stereocenters. The van der Waals surface area contributed by atoms with Gasteiger partial charge in [0, 0.05) is 18.6 Å². The van der Waals surface area contributed by atoms with Gasteiger partial charge in [-0.2, -0.15) is 0 Å². The van der Waals surface area contributed by atoms with Crippen LogP contribution in [-0.2, 0) is 4.79 Å². The topological polar surface area (TPSA) is 46.3 Å². The van der Waals surface area contributed by atoms with Gasteiger partial charge in [-0.1, -0.05) is 13.3 Å². The zero-order valence-corrected chi connectivity index (χ0v) is 10.5. The van der Waals surface area contributed by atoms with Crippen LogP contribution in [0.1, 0.15) is 52.4 Å². The van der Waals surface area contributed by atoms with Crippen LogP contribution < -0.4 is 5.73 Å². The first kappa shape index (κ1) is 11.9. The first-order valence-electron chi connectivity index (χ1n) is 6.66. The monoisotopic (exact) mass is 224 g/mol. The number of likely N-dealkylation sites (tertiary alicyclic amines) is 1. The second-order valence-corrected chi connectivity index (χ2v) is 5.62. The quantitative estimate of drug-likeness (QED) is 0.778. The highest BCUT2D eigenvalue weighted by Gasteiger charge is 2.46. The molecule has 2 N–H and O–H groups in total. The van der Waals surface area contributed by atoms with Crippen molar-refractivity contribution in [2.75, 3.05) is 6.54 Å². The summed E-state index contributed by atoms with van der Waals surface area (Å²) in [6.07, 6.45) is 6.50. The molecule has 1 aliphatic heterocycles. The molecule has 2 aliphatic rings. The molecular weight excluding hydrogens is 200 g/mol. The first-order chi connectivity index (χ1) is 7.59. The molecule has 1 amide bonds. The predicted octanol–water partition coefficient (Wildman–Crippen LogP) is 1.90. The molecule has 0 aromatic rings. The summed E-state index contributed by atoms with van der Waals surface area (Å²) >= 11 is 0. The van der Waals surface area contributed by atoms with E-state index in [4.69, 9.17) is 5.73 Å². The third-order valence-electron chi connectivity index (χ3n) is 4.63. The third kappa shape index (κ3) is 1.75. The number of carbonyl (C=O) groups excluding carboxylic acids is 1. The Labute approximate surface area is 98.4 Å². The van der Waals surface area contributed by atoms with E-state index >= 15 is 0 Å². The standard InChI is InChI=1S/C13H24N2O/c1-3-10-6-5-9-15(10)12(16)13(2)8-4-7-11(13)14/h10-11H,3-9,14H2,1-2H3. The Morgan fingerprint density at radius 2 is 2.19 bits per heavy atom. The van der Waals surface area contributed by atoms with E-state index in [-0.39, 0.29) is 11.5 Å². The molecule has 0 bridgehead atoms. The highest BCUT2D eigenvalue weighted by Crippen LogP contribution is 2.40. The number of nitrogens with zero attached hydrogens (tertiary/aromatic N) is 1. The van der Waals surface area contributed by atoms with Gasteiger partial charge >= 0.3 is 0 Å². The molecule has 3 heteroatoms. The molecule has 92 valence electrons. The van der Waals surface area contributed by atoms with Crippen LogP contribution in [0.25, 0.3) is 0 Å². The summed E-state index contributed by atoms with van der Waals surface area (Å²) in [6.45, 7) is 5.19. The van der Waals surface area contributed by atoms with E-state index in [0.717, 1.165) is 38.6 Å². The fourth-order valence-electron chi connectivity index (χ4n) is 3.31. The molecule has 1 saturated carbocycles. The molecule has 0 radical (unpaired) electrons. The summed E-state index contributed by atoms with van der Waals surface area (Å²) < 4.78 is 0. The van der Waals surface area contributed by atoms with Crippen molar-refractivity contribution in [3.63, 3.8) is 0 Å². The van der Waals surface area contributed by atoms with Crippen molar-refractivity contribution in [2.24, 2.45) is 11.1 Å². The Bertz CT molecular complexity index is 279. The summed E-state index contributed by atoms with van der Waals surface area (Å²) in [5.41, 5.74) is 5.84. The van der Waals surface area contributed by atoms with E-state index in [1.807, 2.05) is 0 Å². The number of amides is 1. The lowest BCUT2D eigenvalue weighted by Gasteiger charge is -2.35. The smallest absolute Gasteiger partial charge is 0.230 e. The Kier molecular flexibility index (Phi) is 3.24. The Morgan fingerprint density at radius 3 is 2.75 bits per heavy atom. The van der Waals surface area contributed by atoms with Gasteiger partial charge in [-0.25, -0.2) is 0 Å². The second-order valence-electron chi connectivity index (χ2n) is 5.62. The summed E-state index contributed by atoms with van der Waals surface area (Å²) in [5.74, 6) is 0.321. The van der Waals surface area contributed by atoms with Crippen molar-refractivity contribution in [3.8, 4) is 0 Å². The molecule has 16 heavy (non-hydrogen) atoms. The third-order valence-corrected chi connectivity index (χ3v) is 4.63. The maximum absolute atomic E-state index is 12.6. The lowest BCUT2D eigenvalue weighted by molar-refractivity contribution is -0.142. The van der Waals surface area contributed by atoms with E-state index < -0.39 is 0 Å². The summed E-state index contributed by atoms with van der Waals surface area (Å²) in [4.78, 5) is 14.7. The molecule has 3 atom stereocenters. The minimum absolute atomic E-state index is 0.0677. The number of carbonyl (C=O) groups is 1. The van der Waals surface area contributed by atoms with Gasteiger partial charge in [0.2, 0.25) is 5.91 Å². The van der Waals surface area contributed by atoms with Gasteiger partial charge in [0.25, 0.3) is 0 Å². The normalized spacial score (nSPS) is 39.3. The van der Waals surface area contributed by atoms with E-state index in [0.29, 0.717) is 11.9 Å². The van der Waals surface area contributed by atoms with E-state index in [2.05, 4.69) is 18.7 Å². The van der Waals surface area contributed by atoms with E-state index in [1.54, 1.807) is 0 Å². The van der Waals surface area contributed by atoms with Crippen LogP contribution in [0.4, 0.5) is 0 Å². The van der Waals surface area contributed by atoms with Crippen LogP contribution >= 0.6 is 0 Å². The fourth-order valence-corrected chi connectivity index (χ4v) is 3.31. The second kappa shape index (κ2) is 4.36. The van der Waals surface area contributed by atoms with Crippen molar-refractivity contribution in [1.82, 2.24) is 4.90 Å². The van der Waals surface area contributed by atoms with Crippen molar-refractivity contribution >= 4 is 5.91 Å². The summed E-state index contributed by atoms with van der Waals surface area (Å²) in [5, 5.41) is 0. The maximum Gasteiger partial charge on any atom is 0.230 e. The minimum atomic E-state index is -0.280. The molecule has 2 fully saturated rings.